The van der Waals surface area contributed by atoms with Crippen molar-refractivity contribution in [1.29, 1.82) is 0 Å². The van der Waals surface area contributed by atoms with E-state index in [0.29, 0.717) is 24.7 Å². The molecule has 3 rings (SSSR count). The molecule has 8 nitrogen and oxygen atoms in total. The molecule has 1 unspecified atom stereocenters. The molecule has 29 heavy (non-hydrogen) atoms. The van der Waals surface area contributed by atoms with Crippen molar-refractivity contribution < 1.29 is 13.9 Å². The fourth-order valence-electron chi connectivity index (χ4n) is 2.61. The van der Waals surface area contributed by atoms with Gasteiger partial charge in [-0.2, -0.15) is 0 Å². The Kier molecular flexibility index (Phi) is 6.38. The number of amides is 1. The van der Waals surface area contributed by atoms with Crippen LogP contribution >= 0.6 is 0 Å². The first-order valence-electron chi connectivity index (χ1n) is 9.21. The zero-order valence-corrected chi connectivity index (χ0v) is 16.5. The van der Waals surface area contributed by atoms with Crippen LogP contribution in [0.4, 0.5) is 10.2 Å². The largest absolute Gasteiger partial charge is 0.478 e. The first kappa shape index (κ1) is 20.2. The first-order chi connectivity index (χ1) is 14.0. The van der Waals surface area contributed by atoms with Crippen molar-refractivity contribution in [3.05, 3.63) is 60.2 Å². The molecule has 9 heteroatoms. The lowest BCUT2D eigenvalue weighted by molar-refractivity contribution is -0.127. The smallest absolute Gasteiger partial charge is 0.260 e. The monoisotopic (exact) mass is 398 g/mol. The second-order valence-electron chi connectivity index (χ2n) is 6.46. The molecule has 2 heterocycles. The SMILES string of the molecule is Cc1ncn(-c2cc(NCCNC(=O)C(C)Oc3ccccc3F)ncn2)c1C. The molecule has 0 fully saturated rings. The molecule has 3 aromatic rings. The number of nitrogens with one attached hydrogen (secondary N) is 2. The highest BCUT2D eigenvalue weighted by molar-refractivity contribution is 5.80. The maximum Gasteiger partial charge on any atom is 0.260 e. The van der Waals surface area contributed by atoms with Crippen LogP contribution in [0.5, 0.6) is 5.75 Å². The van der Waals surface area contributed by atoms with Crippen molar-refractivity contribution in [2.45, 2.75) is 26.9 Å². The van der Waals surface area contributed by atoms with Crippen LogP contribution in [0, 0.1) is 19.7 Å². The van der Waals surface area contributed by atoms with Crippen molar-refractivity contribution in [1.82, 2.24) is 24.8 Å². The van der Waals surface area contributed by atoms with E-state index in [1.54, 1.807) is 31.5 Å². The number of aryl methyl sites for hydroxylation is 1. The maximum atomic E-state index is 13.6. The van der Waals surface area contributed by atoms with Gasteiger partial charge in [-0.05, 0) is 32.9 Å². The average Bonchev–Trinajstić information content (AvgIpc) is 3.05. The zero-order valence-electron chi connectivity index (χ0n) is 16.5. The summed E-state index contributed by atoms with van der Waals surface area (Å²) in [7, 11) is 0. The minimum absolute atomic E-state index is 0.0480. The number of hydrogen-bond acceptors (Lipinski definition) is 6. The van der Waals surface area contributed by atoms with Gasteiger partial charge >= 0.3 is 0 Å². The highest BCUT2D eigenvalue weighted by Gasteiger charge is 2.15. The molecule has 0 aliphatic carbocycles. The molecule has 1 atom stereocenters. The predicted octanol–water partition coefficient (Wildman–Crippen LogP) is 2.41. The third kappa shape index (κ3) is 5.07. The first-order valence-corrected chi connectivity index (χ1v) is 9.21. The molecule has 2 N–H and O–H groups in total. The summed E-state index contributed by atoms with van der Waals surface area (Å²) in [5, 5.41) is 5.88. The van der Waals surface area contributed by atoms with Gasteiger partial charge < -0.3 is 15.4 Å². The van der Waals surface area contributed by atoms with Gasteiger partial charge in [0.2, 0.25) is 0 Å². The second kappa shape index (κ2) is 9.13. The van der Waals surface area contributed by atoms with E-state index < -0.39 is 11.9 Å². The van der Waals surface area contributed by atoms with Crippen molar-refractivity contribution in [2.75, 3.05) is 18.4 Å². The molecule has 0 aliphatic rings. The van der Waals surface area contributed by atoms with E-state index in [1.807, 2.05) is 18.4 Å². The van der Waals surface area contributed by atoms with Gasteiger partial charge in [-0.25, -0.2) is 19.3 Å². The number of nitrogens with zero attached hydrogens (tertiary/aromatic N) is 4. The Hall–Kier alpha value is -3.49. The van der Waals surface area contributed by atoms with Crippen molar-refractivity contribution >= 4 is 11.7 Å². The summed E-state index contributed by atoms with van der Waals surface area (Å²) in [4.78, 5) is 24.8. The van der Waals surface area contributed by atoms with E-state index in [4.69, 9.17) is 4.74 Å². The number of rotatable bonds is 8. The Morgan fingerprint density at radius 3 is 2.72 bits per heavy atom. The molecule has 0 aliphatic heterocycles. The quantitative estimate of drug-likeness (QED) is 0.566. The Balaban J connectivity index is 1.48. The Morgan fingerprint density at radius 2 is 2.00 bits per heavy atom. The molecule has 0 saturated heterocycles. The fraction of sp³-hybridized carbons (Fsp3) is 0.300. The minimum atomic E-state index is -0.815. The van der Waals surface area contributed by atoms with Crippen LogP contribution in [-0.4, -0.2) is 44.6 Å². The Labute approximate surface area is 168 Å². The van der Waals surface area contributed by atoms with Crippen LogP contribution < -0.4 is 15.4 Å². The lowest BCUT2D eigenvalue weighted by Crippen LogP contribution is -2.38. The van der Waals surface area contributed by atoms with E-state index in [2.05, 4.69) is 25.6 Å². The van der Waals surface area contributed by atoms with E-state index in [0.717, 1.165) is 11.4 Å². The molecule has 0 bridgehead atoms. The topological polar surface area (TPSA) is 94.0 Å². The highest BCUT2D eigenvalue weighted by Crippen LogP contribution is 2.17. The summed E-state index contributed by atoms with van der Waals surface area (Å²) in [5.41, 5.74) is 1.94. The summed E-state index contributed by atoms with van der Waals surface area (Å²) in [5.74, 6) is 0.550. The molecule has 0 spiro atoms. The van der Waals surface area contributed by atoms with Crippen molar-refractivity contribution in [2.24, 2.45) is 0 Å². The molecular formula is C20H23FN6O2. The van der Waals surface area contributed by atoms with Crippen molar-refractivity contribution in [3.8, 4) is 11.6 Å². The van der Waals surface area contributed by atoms with Crippen LogP contribution in [0.2, 0.25) is 0 Å². The molecular weight excluding hydrogens is 375 g/mol. The number of para-hydroxylation sites is 1. The third-order valence-electron chi connectivity index (χ3n) is 4.39. The predicted molar refractivity (Wildman–Crippen MR) is 107 cm³/mol. The highest BCUT2D eigenvalue weighted by atomic mass is 19.1. The molecule has 152 valence electrons. The molecule has 1 amide bonds. The van der Waals surface area contributed by atoms with Gasteiger partial charge in [0, 0.05) is 24.8 Å². The zero-order chi connectivity index (χ0) is 20.8. The van der Waals surface area contributed by atoms with Crippen LogP contribution in [0.3, 0.4) is 0 Å². The molecule has 2 aromatic heterocycles. The number of ether oxygens (including phenoxy) is 1. The van der Waals surface area contributed by atoms with Gasteiger partial charge in [-0.15, -0.1) is 0 Å². The van der Waals surface area contributed by atoms with Gasteiger partial charge in [0.15, 0.2) is 17.7 Å². The third-order valence-corrected chi connectivity index (χ3v) is 4.39. The van der Waals surface area contributed by atoms with Crippen LogP contribution in [-0.2, 0) is 4.79 Å². The van der Waals surface area contributed by atoms with E-state index in [1.165, 1.54) is 18.5 Å². The summed E-state index contributed by atoms with van der Waals surface area (Å²) in [6, 6.07) is 7.78. The van der Waals surface area contributed by atoms with Gasteiger partial charge in [0.05, 0.1) is 5.69 Å². The molecule has 1 aromatic carbocycles. The summed E-state index contributed by atoms with van der Waals surface area (Å²) >= 11 is 0. The average molecular weight is 398 g/mol. The minimum Gasteiger partial charge on any atom is -0.478 e. The summed E-state index contributed by atoms with van der Waals surface area (Å²) in [6.45, 7) is 6.29. The van der Waals surface area contributed by atoms with E-state index >= 15 is 0 Å². The Morgan fingerprint density at radius 1 is 1.21 bits per heavy atom. The van der Waals surface area contributed by atoms with E-state index in [-0.39, 0.29) is 11.7 Å². The Bertz CT molecular complexity index is 991. The number of halogens is 1. The fourth-order valence-corrected chi connectivity index (χ4v) is 2.61. The lowest BCUT2D eigenvalue weighted by Gasteiger charge is -2.15. The summed E-state index contributed by atoms with van der Waals surface area (Å²) < 4.78 is 20.8. The number of imidazole rings is 1. The number of carbonyl (C=O) groups is 1. The standard InChI is InChI=1S/C20H23FN6O2/c1-13-14(2)27(12-26-13)19-10-18(24-11-25-19)22-8-9-23-20(28)15(3)29-17-7-5-4-6-16(17)21/h4-7,10-12,15H,8-9H2,1-3H3,(H,23,28)(H,22,24,25). The maximum absolute atomic E-state index is 13.6. The normalized spacial score (nSPS) is 11.7. The number of benzene rings is 1. The molecule has 0 radical (unpaired) electrons. The number of aromatic nitrogens is 4. The number of anilines is 1. The van der Waals surface area contributed by atoms with Crippen molar-refractivity contribution in [3.63, 3.8) is 0 Å². The van der Waals surface area contributed by atoms with Crippen LogP contribution in [0.25, 0.3) is 5.82 Å². The van der Waals surface area contributed by atoms with Gasteiger partial charge in [-0.1, -0.05) is 12.1 Å². The van der Waals surface area contributed by atoms with Gasteiger partial charge in [0.25, 0.3) is 5.91 Å². The van der Waals surface area contributed by atoms with Crippen LogP contribution in [0.1, 0.15) is 18.3 Å². The lowest BCUT2D eigenvalue weighted by atomic mass is 10.3. The summed E-state index contributed by atoms with van der Waals surface area (Å²) in [6.07, 6.45) is 2.37. The van der Waals surface area contributed by atoms with E-state index in [9.17, 15) is 9.18 Å². The molecule has 0 saturated carbocycles. The van der Waals surface area contributed by atoms with Crippen LogP contribution in [0.15, 0.2) is 43.0 Å². The number of carbonyl (C=O) groups excluding carboxylic acids is 1. The van der Waals surface area contributed by atoms with Gasteiger partial charge in [0.1, 0.15) is 24.3 Å². The van der Waals surface area contributed by atoms with Gasteiger partial charge in [-0.3, -0.25) is 9.36 Å². The number of hydrogen-bond donors (Lipinski definition) is 2. The second-order valence-corrected chi connectivity index (χ2v) is 6.46.